The van der Waals surface area contributed by atoms with Gasteiger partial charge in [0.15, 0.2) is 0 Å². The van der Waals surface area contributed by atoms with Gasteiger partial charge in [0.25, 0.3) is 0 Å². The number of rotatable bonds is 0. The quantitative estimate of drug-likeness (QED) is 0.362. The van der Waals surface area contributed by atoms with E-state index in [1.165, 1.54) is 0 Å². The van der Waals surface area contributed by atoms with Crippen LogP contribution < -0.4 is 20.8 Å². The van der Waals surface area contributed by atoms with Crippen LogP contribution in [0.2, 0.25) is 0 Å². The Hall–Kier alpha value is 1.11. The van der Waals surface area contributed by atoms with Crippen molar-refractivity contribution in [1.29, 1.82) is 0 Å². The third-order valence-corrected chi connectivity index (χ3v) is 0. The predicted octanol–water partition coefficient (Wildman–Crippen LogP) is -2.45. The van der Waals surface area contributed by atoms with Gasteiger partial charge in [-0.05, 0) is 0 Å². The molecule has 0 aliphatic carbocycles. The van der Waals surface area contributed by atoms with E-state index in [4.69, 9.17) is 19.2 Å². The molecule has 51 valence electrons. The molecule has 0 saturated heterocycles. The van der Waals surface area contributed by atoms with Gasteiger partial charge in [-0.15, -0.1) is 0 Å². The third kappa shape index (κ3) is 216. The first-order valence-corrected chi connectivity index (χ1v) is 2.19. The second-order valence-corrected chi connectivity index (χ2v) is 1.34. The molecule has 0 aromatic carbocycles. The summed E-state index contributed by atoms with van der Waals surface area (Å²) < 4.78 is 8.55. The second-order valence-electron chi connectivity index (χ2n) is 0.447. The maximum Gasteiger partial charge on any atom is 2.00 e. The minimum Gasteiger partial charge on any atom is -0.822 e. The summed E-state index contributed by atoms with van der Waals surface area (Å²) >= 11 is 0. The number of hydrogen-bond donors (Lipinski definition) is 1. The smallest absolute Gasteiger partial charge is 0.822 e. The van der Waals surface area contributed by atoms with Gasteiger partial charge < -0.3 is 25.4 Å². The Morgan fingerprint density at radius 2 is 1.12 bits per heavy atom. The van der Waals surface area contributed by atoms with E-state index in [1.807, 2.05) is 0 Å². The molecule has 0 fully saturated rings. The molecule has 0 saturated carbocycles. The second kappa shape index (κ2) is 8.11. The van der Waals surface area contributed by atoms with Crippen LogP contribution >= 0.6 is 7.82 Å². The zero-order chi connectivity index (χ0) is 4.50. The zero-order valence-corrected chi connectivity index (χ0v) is 6.99. The van der Waals surface area contributed by atoms with Gasteiger partial charge >= 0.3 is 34.1 Å². The van der Waals surface area contributed by atoms with E-state index in [2.05, 4.69) is 0 Å². The Kier molecular flexibility index (Phi) is 23.3. The summed E-state index contributed by atoms with van der Waals surface area (Å²) in [6.07, 6.45) is 0. The summed E-state index contributed by atoms with van der Waals surface area (Å²) in [6.45, 7) is 0. The molecular weight excluding hydrogens is 220 g/mol. The summed E-state index contributed by atoms with van der Waals surface area (Å²) in [5, 5.41) is 0. The van der Waals surface area contributed by atoms with Crippen molar-refractivity contribution in [3.05, 3.63) is 0 Å². The van der Waals surface area contributed by atoms with Gasteiger partial charge in [0.2, 0.25) is 0 Å². The van der Waals surface area contributed by atoms with Gasteiger partial charge in [-0.3, -0.25) is 0 Å². The van der Waals surface area contributed by atoms with Gasteiger partial charge in [0.05, 0.1) is 0 Å². The molecule has 0 aliphatic heterocycles. The average molecular weight is 224 g/mol. The third-order valence-electron chi connectivity index (χ3n) is 0. The molecule has 0 bridgehead atoms. The minimum absolute atomic E-state index is 0. The molecule has 8 heteroatoms. The molecule has 1 radical (unpaired) electrons. The molecule has 4 N–H and O–H groups in total. The topological polar surface area (TPSA) is 123 Å². The van der Waals surface area contributed by atoms with Crippen LogP contribution in [0.5, 0.6) is 0 Å². The fourth-order valence-corrected chi connectivity index (χ4v) is 0. The maximum absolute atomic E-state index is 8.55. The zero-order valence-electron chi connectivity index (χ0n) is 3.81. The predicted molar refractivity (Wildman–Crippen MR) is 13.6 cm³/mol. The molecule has 0 aromatic heterocycles. The molecule has 0 aliphatic rings. The molecule has 8 heavy (non-hydrogen) atoms. The van der Waals surface area contributed by atoms with Gasteiger partial charge in [0.1, 0.15) is 0 Å². The molecule has 0 unspecified atom stereocenters. The van der Waals surface area contributed by atoms with Crippen molar-refractivity contribution in [2.24, 2.45) is 0 Å². The fourth-order valence-electron chi connectivity index (χ4n) is 0. The molecular formula is H4FeMnNO4P+2. The SMILES string of the molecule is O=P([O-])([O-])[O-].[Fe+2].[Mn+2].[NH4+]. The van der Waals surface area contributed by atoms with Crippen molar-refractivity contribution in [1.82, 2.24) is 6.15 Å². The van der Waals surface area contributed by atoms with E-state index in [0.29, 0.717) is 0 Å². The van der Waals surface area contributed by atoms with E-state index >= 15 is 0 Å². The van der Waals surface area contributed by atoms with Crippen molar-refractivity contribution in [3.8, 4) is 0 Å². The van der Waals surface area contributed by atoms with E-state index in [-0.39, 0.29) is 40.3 Å². The van der Waals surface area contributed by atoms with E-state index in [9.17, 15) is 0 Å². The van der Waals surface area contributed by atoms with E-state index in [1.54, 1.807) is 0 Å². The van der Waals surface area contributed by atoms with Crippen molar-refractivity contribution in [2.75, 3.05) is 0 Å². The van der Waals surface area contributed by atoms with Crippen LogP contribution in [0, 0.1) is 0 Å². The Morgan fingerprint density at radius 3 is 1.12 bits per heavy atom. The van der Waals surface area contributed by atoms with E-state index < -0.39 is 7.82 Å². The number of hydrogen-bond acceptors (Lipinski definition) is 4. The number of quaternary nitrogens is 1. The Balaban J connectivity index is -0.0000000267. The monoisotopic (exact) mass is 224 g/mol. The van der Waals surface area contributed by atoms with Crippen LogP contribution in [-0.2, 0) is 38.7 Å². The molecule has 0 atom stereocenters. The molecule has 0 spiro atoms. The summed E-state index contributed by atoms with van der Waals surface area (Å²) in [7, 11) is -5.39. The van der Waals surface area contributed by atoms with Crippen LogP contribution in [-0.4, -0.2) is 0 Å². The van der Waals surface area contributed by atoms with Crippen LogP contribution in [0.25, 0.3) is 0 Å². The normalized spacial score (nSPS) is 7.38. The van der Waals surface area contributed by atoms with Crippen LogP contribution in [0.3, 0.4) is 0 Å². The maximum atomic E-state index is 8.55. The first kappa shape index (κ1) is 22.9. The summed E-state index contributed by atoms with van der Waals surface area (Å²) in [6, 6.07) is 0. The molecule has 5 nitrogen and oxygen atoms in total. The van der Waals surface area contributed by atoms with Gasteiger partial charge in [-0.2, -0.15) is 7.82 Å². The van der Waals surface area contributed by atoms with Gasteiger partial charge in [-0.25, -0.2) is 0 Å². The molecule has 0 rings (SSSR count). The van der Waals surface area contributed by atoms with Crippen molar-refractivity contribution in [2.45, 2.75) is 0 Å². The Bertz CT molecular complexity index is 62.2. The van der Waals surface area contributed by atoms with Crippen LogP contribution in [0.15, 0.2) is 0 Å². The number of phosphoric acid groups is 1. The Labute approximate surface area is 67.6 Å². The van der Waals surface area contributed by atoms with Crippen LogP contribution in [0.4, 0.5) is 0 Å². The largest absolute Gasteiger partial charge is 2.00 e. The summed E-state index contributed by atoms with van der Waals surface area (Å²) in [4.78, 5) is 25.6. The van der Waals surface area contributed by atoms with E-state index in [0.717, 1.165) is 0 Å². The average Bonchev–Trinajstić information content (AvgIpc) is 0.722. The van der Waals surface area contributed by atoms with Crippen molar-refractivity contribution >= 4 is 7.82 Å². The molecule has 0 amide bonds. The summed E-state index contributed by atoms with van der Waals surface area (Å²) in [5.74, 6) is 0. The summed E-state index contributed by atoms with van der Waals surface area (Å²) in [5.41, 5.74) is 0. The molecule has 0 aromatic rings. The van der Waals surface area contributed by atoms with Crippen molar-refractivity contribution < 1.29 is 53.4 Å². The van der Waals surface area contributed by atoms with Gasteiger partial charge in [-0.1, -0.05) is 0 Å². The van der Waals surface area contributed by atoms with Crippen molar-refractivity contribution in [3.63, 3.8) is 0 Å². The first-order chi connectivity index (χ1) is 2.00. The van der Waals surface area contributed by atoms with Crippen LogP contribution in [0.1, 0.15) is 0 Å². The standard InChI is InChI=1S/Fe.Mn.H3N.H3O4P/c;;;1-5(2,3)4/h;;1H3;(H3,1,2,3,4)/q2*+2;;/p-2. The molecule has 0 heterocycles. The minimum atomic E-state index is -5.39. The first-order valence-electron chi connectivity index (χ1n) is 0.730. The van der Waals surface area contributed by atoms with Gasteiger partial charge in [0, 0.05) is 0 Å². The fraction of sp³-hybridized carbons (Fsp3) is 0. The Morgan fingerprint density at radius 1 is 1.12 bits per heavy atom.